The second-order valence-corrected chi connectivity index (χ2v) is 5.21. The molecule has 0 aliphatic heterocycles. The minimum absolute atomic E-state index is 0.0917. The highest BCUT2D eigenvalue weighted by Crippen LogP contribution is 2.36. The molecule has 2 unspecified atom stereocenters. The molecule has 1 aliphatic carbocycles. The molecule has 0 fully saturated rings. The van der Waals surface area contributed by atoms with Crippen LogP contribution in [0.25, 0.3) is 0 Å². The second-order valence-electron chi connectivity index (χ2n) is 5.21. The molecule has 3 nitrogen and oxygen atoms in total. The average Bonchev–Trinajstić information content (AvgIpc) is 2.86. The quantitative estimate of drug-likeness (QED) is 0.913. The molecule has 1 aliphatic rings. The van der Waals surface area contributed by atoms with Gasteiger partial charge in [-0.2, -0.15) is 0 Å². The van der Waals surface area contributed by atoms with Crippen molar-refractivity contribution in [3.63, 3.8) is 0 Å². The lowest BCUT2D eigenvalue weighted by molar-refractivity contribution is 0.162. The van der Waals surface area contributed by atoms with E-state index in [1.807, 2.05) is 38.2 Å². The van der Waals surface area contributed by atoms with Crippen LogP contribution in [-0.4, -0.2) is 19.8 Å². The van der Waals surface area contributed by atoms with Crippen molar-refractivity contribution in [2.45, 2.75) is 25.5 Å². The van der Waals surface area contributed by atoms with Crippen molar-refractivity contribution in [3.05, 3.63) is 59.7 Å². The summed E-state index contributed by atoms with van der Waals surface area (Å²) in [6.07, 6.45) is 1.01. The van der Waals surface area contributed by atoms with Crippen LogP contribution in [0.3, 0.4) is 0 Å². The number of para-hydroxylation sites is 2. The van der Waals surface area contributed by atoms with Gasteiger partial charge in [0.05, 0.1) is 12.6 Å². The van der Waals surface area contributed by atoms with Crippen molar-refractivity contribution in [2.24, 2.45) is 0 Å². The number of hydrogen-bond donors (Lipinski definition) is 1. The highest BCUT2D eigenvalue weighted by molar-refractivity contribution is 5.42. The van der Waals surface area contributed by atoms with Gasteiger partial charge in [-0.05, 0) is 37.2 Å². The Morgan fingerprint density at radius 3 is 2.52 bits per heavy atom. The van der Waals surface area contributed by atoms with E-state index in [4.69, 9.17) is 9.47 Å². The minimum atomic E-state index is 0.0917. The van der Waals surface area contributed by atoms with Gasteiger partial charge in [0.15, 0.2) is 11.5 Å². The third-order valence-electron chi connectivity index (χ3n) is 3.92. The highest BCUT2D eigenvalue weighted by Gasteiger charge is 2.33. The Morgan fingerprint density at radius 1 is 1.05 bits per heavy atom. The monoisotopic (exact) mass is 283 g/mol. The first-order valence-electron chi connectivity index (χ1n) is 7.47. The summed E-state index contributed by atoms with van der Waals surface area (Å²) in [5.74, 6) is 1.63. The van der Waals surface area contributed by atoms with Gasteiger partial charge in [0.25, 0.3) is 0 Å². The Balaban J connectivity index is 1.83. The highest BCUT2D eigenvalue weighted by atomic mass is 16.5. The fourth-order valence-electron chi connectivity index (χ4n) is 2.99. The van der Waals surface area contributed by atoms with Gasteiger partial charge in [0.2, 0.25) is 0 Å². The van der Waals surface area contributed by atoms with Gasteiger partial charge in [-0.15, -0.1) is 0 Å². The number of rotatable bonds is 5. The van der Waals surface area contributed by atoms with Crippen molar-refractivity contribution in [1.82, 2.24) is 5.32 Å². The van der Waals surface area contributed by atoms with E-state index in [1.165, 1.54) is 11.1 Å². The third kappa shape index (κ3) is 2.74. The van der Waals surface area contributed by atoms with Crippen LogP contribution >= 0.6 is 0 Å². The summed E-state index contributed by atoms with van der Waals surface area (Å²) in [6, 6.07) is 16.6. The molecular weight excluding hydrogens is 262 g/mol. The van der Waals surface area contributed by atoms with Crippen molar-refractivity contribution < 1.29 is 9.47 Å². The lowest BCUT2D eigenvalue weighted by Gasteiger charge is -2.22. The van der Waals surface area contributed by atoms with E-state index in [-0.39, 0.29) is 12.1 Å². The van der Waals surface area contributed by atoms with Gasteiger partial charge in [0, 0.05) is 6.42 Å². The lowest BCUT2D eigenvalue weighted by atomic mass is 10.1. The minimum Gasteiger partial charge on any atom is -0.490 e. The van der Waals surface area contributed by atoms with Crippen LogP contribution in [0.5, 0.6) is 11.5 Å². The Bertz CT molecular complexity index is 612. The maximum Gasteiger partial charge on any atom is 0.161 e. The third-order valence-corrected chi connectivity index (χ3v) is 3.92. The molecule has 3 heteroatoms. The molecule has 0 spiro atoms. The lowest BCUT2D eigenvalue weighted by Crippen LogP contribution is -2.30. The van der Waals surface area contributed by atoms with Crippen LogP contribution in [0.4, 0.5) is 0 Å². The van der Waals surface area contributed by atoms with E-state index < -0.39 is 0 Å². The number of fused-ring (bicyclic) bond motifs is 1. The number of hydrogen-bond acceptors (Lipinski definition) is 3. The van der Waals surface area contributed by atoms with Crippen molar-refractivity contribution in [3.8, 4) is 11.5 Å². The van der Waals surface area contributed by atoms with Crippen LogP contribution < -0.4 is 14.8 Å². The summed E-state index contributed by atoms with van der Waals surface area (Å²) in [4.78, 5) is 0. The van der Waals surface area contributed by atoms with Gasteiger partial charge in [0.1, 0.15) is 6.10 Å². The molecular formula is C18H21NO2. The normalized spacial score (nSPS) is 20.1. The standard InChI is InChI=1S/C18H21NO2/c1-3-20-15-10-6-7-11-16(15)21-17-12-13-8-4-5-9-14(13)18(17)19-2/h4-11,17-19H,3,12H2,1-2H3. The topological polar surface area (TPSA) is 30.5 Å². The SMILES string of the molecule is CCOc1ccccc1OC1Cc2ccccc2C1NC. The number of benzene rings is 2. The van der Waals surface area contributed by atoms with Gasteiger partial charge in [-0.1, -0.05) is 36.4 Å². The van der Waals surface area contributed by atoms with Crippen molar-refractivity contribution in [1.29, 1.82) is 0 Å². The predicted molar refractivity (Wildman–Crippen MR) is 84.0 cm³/mol. The zero-order chi connectivity index (χ0) is 14.7. The van der Waals surface area contributed by atoms with E-state index >= 15 is 0 Å². The van der Waals surface area contributed by atoms with Gasteiger partial charge in [-0.3, -0.25) is 0 Å². The largest absolute Gasteiger partial charge is 0.490 e. The van der Waals surface area contributed by atoms with Crippen LogP contribution in [0, 0.1) is 0 Å². The molecule has 0 saturated heterocycles. The summed E-state index contributed by atoms with van der Waals surface area (Å²) < 4.78 is 11.9. The average molecular weight is 283 g/mol. The Kier molecular flexibility index (Phi) is 4.11. The molecule has 3 rings (SSSR count). The summed E-state index contributed by atoms with van der Waals surface area (Å²) >= 11 is 0. The first kappa shape index (κ1) is 14.0. The van der Waals surface area contributed by atoms with E-state index in [1.54, 1.807) is 0 Å². The molecule has 0 heterocycles. The molecule has 0 radical (unpaired) electrons. The molecule has 0 saturated carbocycles. The Morgan fingerprint density at radius 2 is 1.76 bits per heavy atom. The van der Waals surface area contributed by atoms with E-state index in [2.05, 4.69) is 29.6 Å². The molecule has 1 N–H and O–H groups in total. The molecule has 21 heavy (non-hydrogen) atoms. The van der Waals surface area contributed by atoms with E-state index in [9.17, 15) is 0 Å². The van der Waals surface area contributed by atoms with Crippen LogP contribution in [-0.2, 0) is 6.42 Å². The van der Waals surface area contributed by atoms with E-state index in [0.717, 1.165) is 17.9 Å². The summed E-state index contributed by atoms with van der Waals surface area (Å²) in [7, 11) is 1.98. The first-order valence-corrected chi connectivity index (χ1v) is 7.47. The van der Waals surface area contributed by atoms with Gasteiger partial charge >= 0.3 is 0 Å². The molecule has 2 atom stereocenters. The first-order chi connectivity index (χ1) is 10.3. The zero-order valence-corrected chi connectivity index (χ0v) is 12.5. The van der Waals surface area contributed by atoms with Crippen LogP contribution in [0.2, 0.25) is 0 Å². The predicted octanol–water partition coefficient (Wildman–Crippen LogP) is 3.35. The van der Waals surface area contributed by atoms with Crippen molar-refractivity contribution >= 4 is 0 Å². The van der Waals surface area contributed by atoms with Crippen molar-refractivity contribution in [2.75, 3.05) is 13.7 Å². The number of likely N-dealkylation sites (N-methyl/N-ethyl adjacent to an activating group) is 1. The Hall–Kier alpha value is -2.00. The van der Waals surface area contributed by atoms with Gasteiger partial charge in [-0.25, -0.2) is 0 Å². The number of ether oxygens (including phenoxy) is 2. The van der Waals surface area contributed by atoms with Gasteiger partial charge < -0.3 is 14.8 Å². The molecule has 0 bridgehead atoms. The Labute approximate surface area is 125 Å². The summed E-state index contributed by atoms with van der Waals surface area (Å²) in [6.45, 7) is 2.62. The zero-order valence-electron chi connectivity index (χ0n) is 12.5. The molecule has 110 valence electrons. The fraction of sp³-hybridized carbons (Fsp3) is 0.333. The maximum absolute atomic E-state index is 6.26. The number of nitrogens with one attached hydrogen (secondary N) is 1. The maximum atomic E-state index is 6.26. The molecule has 0 aromatic heterocycles. The fourth-order valence-corrected chi connectivity index (χ4v) is 2.99. The smallest absolute Gasteiger partial charge is 0.161 e. The van der Waals surface area contributed by atoms with Crippen LogP contribution in [0.15, 0.2) is 48.5 Å². The molecule has 2 aromatic carbocycles. The molecule has 2 aromatic rings. The van der Waals surface area contributed by atoms with Crippen LogP contribution in [0.1, 0.15) is 24.1 Å². The summed E-state index contributed by atoms with van der Waals surface area (Å²) in [5.41, 5.74) is 2.69. The van der Waals surface area contributed by atoms with E-state index in [0.29, 0.717) is 6.61 Å². The summed E-state index contributed by atoms with van der Waals surface area (Å²) in [5, 5.41) is 3.38. The molecule has 0 amide bonds. The second kappa shape index (κ2) is 6.19.